The van der Waals surface area contributed by atoms with Gasteiger partial charge in [0.05, 0.1) is 0 Å². The van der Waals surface area contributed by atoms with Crippen LogP contribution in [0.15, 0.2) is 24.3 Å². The molecule has 15 heavy (non-hydrogen) atoms. The standard InChI is InChI=1S/C13H19NO/c1-3-5-12(10(2)15)8-11-6-4-7-13(14)9-11/h4,6-7,9,12H,3,5,8,14H2,1-2H3. The van der Waals surface area contributed by atoms with Gasteiger partial charge < -0.3 is 5.73 Å². The lowest BCUT2D eigenvalue weighted by molar-refractivity contribution is -0.120. The van der Waals surface area contributed by atoms with E-state index in [1.54, 1.807) is 6.92 Å². The normalized spacial score (nSPS) is 12.4. The third-order valence-corrected chi connectivity index (χ3v) is 2.65. The van der Waals surface area contributed by atoms with E-state index in [1.807, 2.05) is 24.3 Å². The van der Waals surface area contributed by atoms with Gasteiger partial charge in [-0.25, -0.2) is 0 Å². The Morgan fingerprint density at radius 2 is 2.20 bits per heavy atom. The highest BCUT2D eigenvalue weighted by Crippen LogP contribution is 2.16. The monoisotopic (exact) mass is 205 g/mol. The van der Waals surface area contributed by atoms with E-state index in [0.29, 0.717) is 0 Å². The highest BCUT2D eigenvalue weighted by Gasteiger charge is 2.13. The van der Waals surface area contributed by atoms with Crippen LogP contribution in [-0.2, 0) is 11.2 Å². The van der Waals surface area contributed by atoms with Crippen molar-refractivity contribution in [3.63, 3.8) is 0 Å². The number of anilines is 1. The first-order valence-electron chi connectivity index (χ1n) is 5.48. The maximum Gasteiger partial charge on any atom is 0.133 e. The summed E-state index contributed by atoms with van der Waals surface area (Å²) in [6.45, 7) is 3.78. The largest absolute Gasteiger partial charge is 0.399 e. The molecule has 1 aromatic rings. The smallest absolute Gasteiger partial charge is 0.133 e. The molecule has 0 spiro atoms. The number of hydrogen-bond donors (Lipinski definition) is 1. The zero-order valence-corrected chi connectivity index (χ0v) is 9.49. The number of rotatable bonds is 5. The van der Waals surface area contributed by atoms with Crippen molar-refractivity contribution in [3.8, 4) is 0 Å². The summed E-state index contributed by atoms with van der Waals surface area (Å²) in [5.41, 5.74) is 7.63. The van der Waals surface area contributed by atoms with Crippen molar-refractivity contribution in [3.05, 3.63) is 29.8 Å². The molecule has 0 heterocycles. The Labute approximate surface area is 91.5 Å². The molecule has 0 aliphatic carbocycles. The van der Waals surface area contributed by atoms with Crippen molar-refractivity contribution in [1.29, 1.82) is 0 Å². The zero-order valence-electron chi connectivity index (χ0n) is 9.49. The fourth-order valence-corrected chi connectivity index (χ4v) is 1.80. The van der Waals surface area contributed by atoms with Crippen LogP contribution in [0.4, 0.5) is 5.69 Å². The van der Waals surface area contributed by atoms with Crippen LogP contribution in [-0.4, -0.2) is 5.78 Å². The molecule has 0 aliphatic heterocycles. The van der Waals surface area contributed by atoms with Crippen LogP contribution in [0.25, 0.3) is 0 Å². The molecule has 0 bridgehead atoms. The lowest BCUT2D eigenvalue weighted by Gasteiger charge is -2.12. The van der Waals surface area contributed by atoms with Crippen molar-refractivity contribution in [2.75, 3.05) is 5.73 Å². The topological polar surface area (TPSA) is 43.1 Å². The van der Waals surface area contributed by atoms with Crippen LogP contribution >= 0.6 is 0 Å². The van der Waals surface area contributed by atoms with E-state index < -0.39 is 0 Å². The van der Waals surface area contributed by atoms with Gasteiger partial charge in [-0.15, -0.1) is 0 Å². The van der Waals surface area contributed by atoms with Gasteiger partial charge in [0.15, 0.2) is 0 Å². The maximum atomic E-state index is 11.4. The summed E-state index contributed by atoms with van der Waals surface area (Å²) < 4.78 is 0. The number of benzene rings is 1. The van der Waals surface area contributed by atoms with Crippen molar-refractivity contribution in [1.82, 2.24) is 0 Å². The molecule has 1 unspecified atom stereocenters. The number of Topliss-reactive ketones (excluding diaryl/α,β-unsaturated/α-hetero) is 1. The molecule has 1 aromatic carbocycles. The Balaban J connectivity index is 2.69. The third kappa shape index (κ3) is 3.74. The molecule has 1 atom stereocenters. The third-order valence-electron chi connectivity index (χ3n) is 2.65. The summed E-state index contributed by atoms with van der Waals surface area (Å²) >= 11 is 0. The summed E-state index contributed by atoms with van der Waals surface area (Å²) in [5.74, 6) is 0.427. The Bertz CT molecular complexity index is 333. The molecule has 0 amide bonds. The number of ketones is 1. The summed E-state index contributed by atoms with van der Waals surface area (Å²) in [6, 6.07) is 7.79. The van der Waals surface area contributed by atoms with Gasteiger partial charge in [-0.1, -0.05) is 25.5 Å². The van der Waals surface area contributed by atoms with Crippen molar-refractivity contribution in [2.45, 2.75) is 33.1 Å². The fraction of sp³-hybridized carbons (Fsp3) is 0.462. The highest BCUT2D eigenvalue weighted by atomic mass is 16.1. The van der Waals surface area contributed by atoms with E-state index in [2.05, 4.69) is 6.92 Å². The summed E-state index contributed by atoms with van der Waals surface area (Å²) in [6.07, 6.45) is 2.82. The summed E-state index contributed by atoms with van der Waals surface area (Å²) in [5, 5.41) is 0. The van der Waals surface area contributed by atoms with Crippen LogP contribution in [0.5, 0.6) is 0 Å². The minimum Gasteiger partial charge on any atom is -0.399 e. The highest BCUT2D eigenvalue weighted by molar-refractivity contribution is 5.78. The minimum absolute atomic E-state index is 0.150. The van der Waals surface area contributed by atoms with Gasteiger partial charge >= 0.3 is 0 Å². The maximum absolute atomic E-state index is 11.4. The number of hydrogen-bond acceptors (Lipinski definition) is 2. The molecule has 2 heteroatoms. The van der Waals surface area contributed by atoms with Gasteiger partial charge in [0.1, 0.15) is 5.78 Å². The predicted molar refractivity (Wildman–Crippen MR) is 63.6 cm³/mol. The molecule has 0 saturated carbocycles. The first-order chi connectivity index (χ1) is 7.13. The number of carbonyl (C=O) groups is 1. The fourth-order valence-electron chi connectivity index (χ4n) is 1.80. The first-order valence-corrected chi connectivity index (χ1v) is 5.48. The molecule has 0 aliphatic rings. The van der Waals surface area contributed by atoms with E-state index in [-0.39, 0.29) is 11.7 Å². The van der Waals surface area contributed by atoms with E-state index in [4.69, 9.17) is 5.73 Å². The van der Waals surface area contributed by atoms with E-state index in [1.165, 1.54) is 0 Å². The van der Waals surface area contributed by atoms with Gasteiger partial charge in [-0.05, 0) is 37.5 Å². The molecular weight excluding hydrogens is 186 g/mol. The average Bonchev–Trinajstić information content (AvgIpc) is 2.17. The molecule has 0 fully saturated rings. The van der Waals surface area contributed by atoms with Crippen LogP contribution in [0, 0.1) is 5.92 Å². The molecule has 0 radical (unpaired) electrons. The minimum atomic E-state index is 0.150. The second-order valence-electron chi connectivity index (χ2n) is 4.05. The number of nitrogens with two attached hydrogens (primary N) is 1. The van der Waals surface area contributed by atoms with Crippen LogP contribution in [0.3, 0.4) is 0 Å². The Kier molecular flexibility index (Phi) is 4.35. The number of nitrogen functional groups attached to an aromatic ring is 1. The molecule has 2 nitrogen and oxygen atoms in total. The Morgan fingerprint density at radius 3 is 2.73 bits per heavy atom. The molecular formula is C13H19NO. The van der Waals surface area contributed by atoms with Crippen molar-refractivity contribution >= 4 is 11.5 Å². The quantitative estimate of drug-likeness (QED) is 0.751. The van der Waals surface area contributed by atoms with Crippen LogP contribution in [0.1, 0.15) is 32.3 Å². The zero-order chi connectivity index (χ0) is 11.3. The van der Waals surface area contributed by atoms with Crippen LogP contribution < -0.4 is 5.73 Å². The average molecular weight is 205 g/mol. The SMILES string of the molecule is CCCC(Cc1cccc(N)c1)C(C)=O. The molecule has 0 aromatic heterocycles. The molecule has 82 valence electrons. The lowest BCUT2D eigenvalue weighted by atomic mass is 9.92. The van der Waals surface area contributed by atoms with Gasteiger partial charge in [0.25, 0.3) is 0 Å². The lowest BCUT2D eigenvalue weighted by Crippen LogP contribution is -2.13. The van der Waals surface area contributed by atoms with E-state index >= 15 is 0 Å². The van der Waals surface area contributed by atoms with Gasteiger partial charge in [-0.2, -0.15) is 0 Å². The Hall–Kier alpha value is -1.31. The van der Waals surface area contributed by atoms with E-state index in [0.717, 1.165) is 30.5 Å². The Morgan fingerprint density at radius 1 is 1.47 bits per heavy atom. The van der Waals surface area contributed by atoms with Gasteiger partial charge in [0.2, 0.25) is 0 Å². The van der Waals surface area contributed by atoms with Crippen molar-refractivity contribution in [2.24, 2.45) is 5.92 Å². The number of carbonyl (C=O) groups excluding carboxylic acids is 1. The van der Waals surface area contributed by atoms with Gasteiger partial charge in [0, 0.05) is 11.6 Å². The van der Waals surface area contributed by atoms with E-state index in [9.17, 15) is 4.79 Å². The predicted octanol–water partition coefficient (Wildman–Crippen LogP) is 2.82. The summed E-state index contributed by atoms with van der Waals surface area (Å²) in [7, 11) is 0. The second-order valence-corrected chi connectivity index (χ2v) is 4.05. The molecule has 1 rings (SSSR count). The molecule has 2 N–H and O–H groups in total. The second kappa shape index (κ2) is 5.54. The van der Waals surface area contributed by atoms with Crippen LogP contribution in [0.2, 0.25) is 0 Å². The molecule has 0 saturated heterocycles. The summed E-state index contributed by atoms with van der Waals surface area (Å²) in [4.78, 5) is 11.4. The first kappa shape index (κ1) is 11.8. The van der Waals surface area contributed by atoms with Gasteiger partial charge in [-0.3, -0.25) is 4.79 Å². The van der Waals surface area contributed by atoms with Crippen molar-refractivity contribution < 1.29 is 4.79 Å².